The van der Waals surface area contributed by atoms with Crippen molar-refractivity contribution in [1.29, 1.82) is 0 Å². The van der Waals surface area contributed by atoms with Crippen molar-refractivity contribution >= 4 is 23.1 Å². The molecular formula is C12H16ClN5. The van der Waals surface area contributed by atoms with E-state index in [9.17, 15) is 0 Å². The van der Waals surface area contributed by atoms with Gasteiger partial charge in [-0.1, -0.05) is 0 Å². The summed E-state index contributed by atoms with van der Waals surface area (Å²) in [6.07, 6.45) is 5.96. The van der Waals surface area contributed by atoms with Crippen molar-refractivity contribution in [2.24, 2.45) is 5.92 Å². The quantitative estimate of drug-likeness (QED) is 0.778. The predicted molar refractivity (Wildman–Crippen MR) is 71.2 cm³/mol. The third-order valence-electron chi connectivity index (χ3n) is 3.61. The fourth-order valence-corrected chi connectivity index (χ4v) is 2.76. The Morgan fingerprint density at radius 1 is 1.33 bits per heavy atom. The van der Waals surface area contributed by atoms with E-state index in [-0.39, 0.29) is 0 Å². The second-order valence-electron chi connectivity index (χ2n) is 4.78. The molecule has 0 amide bonds. The van der Waals surface area contributed by atoms with Crippen LogP contribution in [-0.4, -0.2) is 38.6 Å². The van der Waals surface area contributed by atoms with Gasteiger partial charge in [-0.25, -0.2) is 4.98 Å². The van der Waals surface area contributed by atoms with Crippen LogP contribution in [0.15, 0.2) is 12.4 Å². The van der Waals surface area contributed by atoms with Crippen molar-refractivity contribution in [3.8, 4) is 0 Å². The lowest BCUT2D eigenvalue weighted by Crippen LogP contribution is -2.35. The maximum atomic E-state index is 5.91. The SMILES string of the molecule is Cc1nnc2c(N3CCC(CCl)CC3)nccn12. The Hall–Kier alpha value is -1.36. The van der Waals surface area contributed by atoms with E-state index >= 15 is 0 Å². The highest BCUT2D eigenvalue weighted by molar-refractivity contribution is 6.18. The van der Waals surface area contributed by atoms with E-state index in [0.717, 1.165) is 49.1 Å². The maximum absolute atomic E-state index is 5.91. The van der Waals surface area contributed by atoms with E-state index in [4.69, 9.17) is 11.6 Å². The standard InChI is InChI=1S/C12H16ClN5/c1-9-15-16-12-11(14-4-7-18(9)12)17-5-2-10(8-13)3-6-17/h4,7,10H,2-3,5-6,8H2,1H3. The Labute approximate surface area is 111 Å². The average Bonchev–Trinajstić information content (AvgIpc) is 2.81. The molecule has 0 aromatic carbocycles. The lowest BCUT2D eigenvalue weighted by Gasteiger charge is -2.31. The Balaban J connectivity index is 1.91. The smallest absolute Gasteiger partial charge is 0.203 e. The zero-order valence-electron chi connectivity index (χ0n) is 10.4. The third-order valence-corrected chi connectivity index (χ3v) is 4.05. The molecule has 5 nitrogen and oxygen atoms in total. The summed E-state index contributed by atoms with van der Waals surface area (Å²) >= 11 is 5.91. The number of aryl methyl sites for hydroxylation is 1. The Kier molecular flexibility index (Phi) is 3.07. The molecule has 0 radical (unpaired) electrons. The summed E-state index contributed by atoms with van der Waals surface area (Å²) in [5.74, 6) is 3.23. The van der Waals surface area contributed by atoms with E-state index in [1.807, 2.05) is 23.7 Å². The van der Waals surface area contributed by atoms with Gasteiger partial charge in [-0.2, -0.15) is 0 Å². The number of hydrogen-bond donors (Lipinski definition) is 0. The molecule has 1 aliphatic heterocycles. The molecule has 2 aromatic rings. The minimum atomic E-state index is 0.641. The fraction of sp³-hybridized carbons (Fsp3) is 0.583. The summed E-state index contributed by atoms with van der Waals surface area (Å²) in [5, 5.41) is 8.32. The zero-order chi connectivity index (χ0) is 12.5. The van der Waals surface area contributed by atoms with Crippen LogP contribution in [0, 0.1) is 12.8 Å². The van der Waals surface area contributed by atoms with Gasteiger partial charge in [0.15, 0.2) is 5.82 Å². The van der Waals surface area contributed by atoms with Gasteiger partial charge in [0.1, 0.15) is 5.82 Å². The van der Waals surface area contributed by atoms with Gasteiger partial charge in [-0.15, -0.1) is 21.8 Å². The molecule has 1 saturated heterocycles. The number of alkyl halides is 1. The molecule has 6 heteroatoms. The molecule has 1 fully saturated rings. The lowest BCUT2D eigenvalue weighted by atomic mass is 9.99. The number of aromatic nitrogens is 4. The summed E-state index contributed by atoms with van der Waals surface area (Å²) in [5.41, 5.74) is 0.847. The number of rotatable bonds is 2. The third kappa shape index (κ3) is 1.92. The molecule has 96 valence electrons. The number of hydrogen-bond acceptors (Lipinski definition) is 4. The first-order chi connectivity index (χ1) is 8.79. The molecule has 1 aliphatic rings. The second kappa shape index (κ2) is 4.72. The Morgan fingerprint density at radius 3 is 2.83 bits per heavy atom. The maximum Gasteiger partial charge on any atom is 0.203 e. The first kappa shape index (κ1) is 11.7. The van der Waals surface area contributed by atoms with E-state index in [1.54, 1.807) is 0 Å². The normalized spacial score (nSPS) is 17.6. The van der Waals surface area contributed by atoms with Gasteiger partial charge in [0.2, 0.25) is 5.65 Å². The lowest BCUT2D eigenvalue weighted by molar-refractivity contribution is 0.441. The summed E-state index contributed by atoms with van der Waals surface area (Å²) in [6, 6.07) is 0. The molecule has 3 rings (SSSR count). The van der Waals surface area contributed by atoms with Crippen molar-refractivity contribution in [2.75, 3.05) is 23.9 Å². The van der Waals surface area contributed by atoms with Gasteiger partial charge < -0.3 is 4.90 Å². The molecule has 3 heterocycles. The van der Waals surface area contributed by atoms with E-state index < -0.39 is 0 Å². The summed E-state index contributed by atoms with van der Waals surface area (Å²) in [7, 11) is 0. The van der Waals surface area contributed by atoms with Crippen LogP contribution in [0.2, 0.25) is 0 Å². The van der Waals surface area contributed by atoms with Gasteiger partial charge in [0.25, 0.3) is 0 Å². The van der Waals surface area contributed by atoms with Crippen molar-refractivity contribution in [2.45, 2.75) is 19.8 Å². The highest BCUT2D eigenvalue weighted by Crippen LogP contribution is 2.24. The van der Waals surface area contributed by atoms with Crippen molar-refractivity contribution in [3.05, 3.63) is 18.2 Å². The topological polar surface area (TPSA) is 46.3 Å². The molecule has 0 unspecified atom stereocenters. The van der Waals surface area contributed by atoms with Crippen molar-refractivity contribution < 1.29 is 0 Å². The largest absolute Gasteiger partial charge is 0.353 e. The minimum Gasteiger partial charge on any atom is -0.353 e. The van der Waals surface area contributed by atoms with Crippen LogP contribution in [0.4, 0.5) is 5.82 Å². The van der Waals surface area contributed by atoms with Crippen LogP contribution >= 0.6 is 11.6 Å². The summed E-state index contributed by atoms with van der Waals surface area (Å²) in [6.45, 7) is 3.94. The minimum absolute atomic E-state index is 0.641. The zero-order valence-corrected chi connectivity index (χ0v) is 11.1. The molecule has 2 aromatic heterocycles. The fourth-order valence-electron chi connectivity index (χ4n) is 2.45. The van der Waals surface area contributed by atoms with Crippen molar-refractivity contribution in [3.63, 3.8) is 0 Å². The van der Waals surface area contributed by atoms with E-state index in [1.165, 1.54) is 0 Å². The van der Waals surface area contributed by atoms with Gasteiger partial charge in [0.05, 0.1) is 0 Å². The second-order valence-corrected chi connectivity index (χ2v) is 5.09. The highest BCUT2D eigenvalue weighted by Gasteiger charge is 2.22. The molecule has 18 heavy (non-hydrogen) atoms. The molecule has 0 saturated carbocycles. The first-order valence-corrected chi connectivity index (χ1v) is 6.80. The van der Waals surface area contributed by atoms with Crippen LogP contribution in [0.3, 0.4) is 0 Å². The van der Waals surface area contributed by atoms with Crippen LogP contribution in [-0.2, 0) is 0 Å². The number of fused-ring (bicyclic) bond motifs is 1. The van der Waals surface area contributed by atoms with Crippen LogP contribution in [0.5, 0.6) is 0 Å². The molecule has 0 bridgehead atoms. The van der Waals surface area contributed by atoms with Crippen molar-refractivity contribution in [1.82, 2.24) is 19.6 Å². The molecule has 0 spiro atoms. The number of nitrogens with zero attached hydrogens (tertiary/aromatic N) is 5. The van der Waals surface area contributed by atoms with Gasteiger partial charge in [-0.05, 0) is 25.7 Å². The van der Waals surface area contributed by atoms with E-state index in [0.29, 0.717) is 5.92 Å². The highest BCUT2D eigenvalue weighted by atomic mass is 35.5. The average molecular weight is 266 g/mol. The summed E-state index contributed by atoms with van der Waals surface area (Å²) in [4.78, 5) is 6.75. The predicted octanol–water partition coefficient (Wildman–Crippen LogP) is 1.89. The van der Waals surface area contributed by atoms with E-state index in [2.05, 4.69) is 20.1 Å². The number of halogens is 1. The number of piperidine rings is 1. The first-order valence-electron chi connectivity index (χ1n) is 6.27. The molecule has 0 aliphatic carbocycles. The van der Waals surface area contributed by atoms with Gasteiger partial charge in [-0.3, -0.25) is 4.40 Å². The van der Waals surface area contributed by atoms with Crippen LogP contribution in [0.25, 0.3) is 5.65 Å². The summed E-state index contributed by atoms with van der Waals surface area (Å²) < 4.78 is 1.98. The number of anilines is 1. The van der Waals surface area contributed by atoms with Gasteiger partial charge >= 0.3 is 0 Å². The Bertz CT molecular complexity index is 544. The molecule has 0 atom stereocenters. The molecular weight excluding hydrogens is 250 g/mol. The monoisotopic (exact) mass is 265 g/mol. The van der Waals surface area contributed by atoms with Crippen LogP contribution < -0.4 is 4.90 Å². The Morgan fingerprint density at radius 2 is 2.11 bits per heavy atom. The van der Waals surface area contributed by atoms with Gasteiger partial charge in [0, 0.05) is 31.4 Å². The molecule has 0 N–H and O–H groups in total. The van der Waals surface area contributed by atoms with Crippen LogP contribution in [0.1, 0.15) is 18.7 Å².